The summed E-state index contributed by atoms with van der Waals surface area (Å²) < 4.78 is 0.876. The SMILES string of the molecule is O=C1CC(C(=O)N2CCCCCC2c2ccncc2)CN1c1ccccc1Br. The van der Waals surface area contributed by atoms with Gasteiger partial charge in [0.15, 0.2) is 0 Å². The zero-order valence-electron chi connectivity index (χ0n) is 15.8. The third kappa shape index (κ3) is 3.83. The van der Waals surface area contributed by atoms with E-state index in [-0.39, 0.29) is 30.2 Å². The normalized spacial score (nSPS) is 23.0. The number of anilines is 1. The van der Waals surface area contributed by atoms with Gasteiger partial charge < -0.3 is 9.80 Å². The molecule has 2 unspecified atom stereocenters. The molecule has 4 rings (SSSR count). The van der Waals surface area contributed by atoms with Crippen molar-refractivity contribution in [1.82, 2.24) is 9.88 Å². The molecule has 0 radical (unpaired) electrons. The van der Waals surface area contributed by atoms with Gasteiger partial charge in [-0.25, -0.2) is 0 Å². The van der Waals surface area contributed by atoms with Crippen LogP contribution in [0, 0.1) is 5.92 Å². The van der Waals surface area contributed by atoms with E-state index < -0.39 is 0 Å². The first-order valence-electron chi connectivity index (χ1n) is 9.90. The molecule has 5 nitrogen and oxygen atoms in total. The van der Waals surface area contributed by atoms with Gasteiger partial charge in [-0.2, -0.15) is 0 Å². The molecular weight excluding hydrogens is 418 g/mol. The maximum absolute atomic E-state index is 13.5. The van der Waals surface area contributed by atoms with Crippen molar-refractivity contribution < 1.29 is 9.59 Å². The molecule has 1 aromatic heterocycles. The molecule has 0 saturated carbocycles. The fourth-order valence-corrected chi connectivity index (χ4v) is 4.81. The maximum atomic E-state index is 13.5. The number of carbonyl (C=O) groups is 2. The largest absolute Gasteiger partial charge is 0.335 e. The molecule has 2 saturated heterocycles. The van der Waals surface area contributed by atoms with Crippen LogP contribution < -0.4 is 4.90 Å². The number of para-hydroxylation sites is 1. The summed E-state index contributed by atoms with van der Waals surface area (Å²) in [6.07, 6.45) is 8.08. The summed E-state index contributed by atoms with van der Waals surface area (Å²) in [5, 5.41) is 0. The smallest absolute Gasteiger partial charge is 0.228 e. The van der Waals surface area contributed by atoms with Crippen molar-refractivity contribution >= 4 is 33.4 Å². The Morgan fingerprint density at radius 1 is 1.07 bits per heavy atom. The number of aromatic nitrogens is 1. The predicted molar refractivity (Wildman–Crippen MR) is 112 cm³/mol. The first kappa shape index (κ1) is 19.1. The molecule has 2 aliphatic rings. The Morgan fingerprint density at radius 3 is 2.64 bits per heavy atom. The number of likely N-dealkylation sites (tertiary alicyclic amines) is 1. The highest BCUT2D eigenvalue weighted by atomic mass is 79.9. The lowest BCUT2D eigenvalue weighted by atomic mass is 9.99. The van der Waals surface area contributed by atoms with Crippen molar-refractivity contribution in [3.05, 3.63) is 58.8 Å². The van der Waals surface area contributed by atoms with Crippen LogP contribution in [0.15, 0.2) is 53.3 Å². The van der Waals surface area contributed by atoms with E-state index in [0.29, 0.717) is 6.54 Å². The Bertz CT molecular complexity index is 858. The lowest BCUT2D eigenvalue weighted by molar-refractivity contribution is -0.138. The van der Waals surface area contributed by atoms with Gasteiger partial charge in [-0.15, -0.1) is 0 Å². The van der Waals surface area contributed by atoms with Crippen molar-refractivity contribution in [2.45, 2.75) is 38.1 Å². The van der Waals surface area contributed by atoms with Gasteiger partial charge in [-0.1, -0.05) is 25.0 Å². The topological polar surface area (TPSA) is 53.5 Å². The number of pyridine rings is 1. The number of rotatable bonds is 3. The molecule has 2 amide bonds. The van der Waals surface area contributed by atoms with E-state index in [9.17, 15) is 9.59 Å². The second kappa shape index (κ2) is 8.43. The van der Waals surface area contributed by atoms with Crippen LogP contribution >= 0.6 is 15.9 Å². The average Bonchev–Trinajstić information content (AvgIpc) is 2.94. The standard InChI is InChI=1S/C22H24BrN3O2/c23-18-6-3-4-8-20(18)26-15-17(14-21(26)27)22(28)25-13-5-1-2-7-19(25)16-9-11-24-12-10-16/h3-4,6,8-12,17,19H,1-2,5,7,13-15H2. The molecule has 0 bridgehead atoms. The summed E-state index contributed by atoms with van der Waals surface area (Å²) in [5.74, 6) is -0.172. The maximum Gasteiger partial charge on any atom is 0.228 e. The third-order valence-corrected chi connectivity index (χ3v) is 6.41. The molecule has 2 fully saturated rings. The van der Waals surface area contributed by atoms with E-state index in [2.05, 4.69) is 20.9 Å². The molecule has 3 heterocycles. The Kier molecular flexibility index (Phi) is 5.76. The van der Waals surface area contributed by atoms with E-state index in [1.54, 1.807) is 17.3 Å². The van der Waals surface area contributed by atoms with Crippen LogP contribution in [0.2, 0.25) is 0 Å². The van der Waals surface area contributed by atoms with Gasteiger partial charge in [0.1, 0.15) is 0 Å². The van der Waals surface area contributed by atoms with Crippen LogP contribution in [-0.4, -0.2) is 34.8 Å². The highest BCUT2D eigenvalue weighted by Crippen LogP contribution is 2.35. The quantitative estimate of drug-likeness (QED) is 0.711. The van der Waals surface area contributed by atoms with Crippen molar-refractivity contribution in [3.8, 4) is 0 Å². The molecule has 0 spiro atoms. The van der Waals surface area contributed by atoms with Gasteiger partial charge in [-0.05, 0) is 58.6 Å². The molecule has 0 aliphatic carbocycles. The fourth-order valence-electron chi connectivity index (χ4n) is 4.32. The lowest BCUT2D eigenvalue weighted by Gasteiger charge is -2.32. The van der Waals surface area contributed by atoms with Crippen LogP contribution in [-0.2, 0) is 9.59 Å². The summed E-state index contributed by atoms with van der Waals surface area (Å²) >= 11 is 3.52. The van der Waals surface area contributed by atoms with E-state index >= 15 is 0 Å². The third-order valence-electron chi connectivity index (χ3n) is 5.74. The van der Waals surface area contributed by atoms with Crippen molar-refractivity contribution in [3.63, 3.8) is 0 Å². The minimum Gasteiger partial charge on any atom is -0.335 e. The highest BCUT2D eigenvalue weighted by molar-refractivity contribution is 9.10. The minimum absolute atomic E-state index is 0.0144. The number of carbonyl (C=O) groups excluding carboxylic acids is 2. The number of amides is 2. The first-order chi connectivity index (χ1) is 13.6. The van der Waals surface area contributed by atoms with Gasteiger partial charge in [-0.3, -0.25) is 14.6 Å². The number of nitrogens with zero attached hydrogens (tertiary/aromatic N) is 3. The predicted octanol–water partition coefficient (Wildman–Crippen LogP) is 4.34. The number of halogens is 1. The van der Waals surface area contributed by atoms with E-state index in [4.69, 9.17) is 0 Å². The number of hydrogen-bond acceptors (Lipinski definition) is 3. The molecule has 28 heavy (non-hydrogen) atoms. The van der Waals surface area contributed by atoms with Crippen LogP contribution in [0.5, 0.6) is 0 Å². The summed E-state index contributed by atoms with van der Waals surface area (Å²) in [6, 6.07) is 11.8. The summed E-state index contributed by atoms with van der Waals surface area (Å²) in [6.45, 7) is 1.20. The summed E-state index contributed by atoms with van der Waals surface area (Å²) in [4.78, 5) is 34.0. The molecular formula is C22H24BrN3O2. The zero-order valence-corrected chi connectivity index (χ0v) is 17.3. The molecule has 0 N–H and O–H groups in total. The lowest BCUT2D eigenvalue weighted by Crippen LogP contribution is -2.40. The highest BCUT2D eigenvalue weighted by Gasteiger charge is 2.39. The summed E-state index contributed by atoms with van der Waals surface area (Å²) in [5.41, 5.74) is 1.97. The Labute approximate surface area is 173 Å². The van der Waals surface area contributed by atoms with E-state index in [0.717, 1.165) is 48.0 Å². The summed E-state index contributed by atoms with van der Waals surface area (Å²) in [7, 11) is 0. The van der Waals surface area contributed by atoms with Gasteiger partial charge in [0.05, 0.1) is 17.6 Å². The first-order valence-corrected chi connectivity index (χ1v) is 10.7. The monoisotopic (exact) mass is 441 g/mol. The Balaban J connectivity index is 1.56. The zero-order chi connectivity index (χ0) is 19.5. The molecule has 1 aromatic carbocycles. The van der Waals surface area contributed by atoms with Crippen LogP contribution in [0.4, 0.5) is 5.69 Å². The van der Waals surface area contributed by atoms with Crippen molar-refractivity contribution in [1.29, 1.82) is 0 Å². The van der Waals surface area contributed by atoms with E-state index in [1.165, 1.54) is 0 Å². The molecule has 146 valence electrons. The van der Waals surface area contributed by atoms with Gasteiger partial charge >= 0.3 is 0 Å². The Hall–Kier alpha value is -2.21. The minimum atomic E-state index is -0.290. The van der Waals surface area contributed by atoms with Crippen LogP contribution in [0.1, 0.15) is 43.7 Å². The van der Waals surface area contributed by atoms with E-state index in [1.807, 2.05) is 41.3 Å². The van der Waals surface area contributed by atoms with Crippen molar-refractivity contribution in [2.24, 2.45) is 5.92 Å². The average molecular weight is 442 g/mol. The van der Waals surface area contributed by atoms with Gasteiger partial charge in [0, 0.05) is 36.4 Å². The number of benzene rings is 1. The number of hydrogen-bond donors (Lipinski definition) is 0. The van der Waals surface area contributed by atoms with Gasteiger partial charge in [0.25, 0.3) is 0 Å². The fraction of sp³-hybridized carbons (Fsp3) is 0.409. The Morgan fingerprint density at radius 2 is 1.86 bits per heavy atom. The van der Waals surface area contributed by atoms with Crippen LogP contribution in [0.3, 0.4) is 0 Å². The molecule has 2 atom stereocenters. The second-order valence-corrected chi connectivity index (χ2v) is 8.39. The molecule has 2 aromatic rings. The van der Waals surface area contributed by atoms with Crippen LogP contribution in [0.25, 0.3) is 0 Å². The molecule has 6 heteroatoms. The van der Waals surface area contributed by atoms with Gasteiger partial charge in [0.2, 0.25) is 11.8 Å². The van der Waals surface area contributed by atoms with Crippen molar-refractivity contribution in [2.75, 3.05) is 18.0 Å². The molecule has 2 aliphatic heterocycles. The second-order valence-electron chi connectivity index (χ2n) is 7.53.